The van der Waals surface area contributed by atoms with E-state index in [4.69, 9.17) is 0 Å². The van der Waals surface area contributed by atoms with E-state index in [9.17, 15) is 0 Å². The lowest BCUT2D eigenvalue weighted by molar-refractivity contribution is 0.534. The minimum absolute atomic E-state index is 0.458. The third-order valence-electron chi connectivity index (χ3n) is 4.23. The van der Waals surface area contributed by atoms with E-state index in [1.807, 2.05) is 7.05 Å². The molecule has 2 N–H and O–H groups in total. The van der Waals surface area contributed by atoms with Crippen LogP contribution >= 0.6 is 0 Å². The molecule has 110 valence electrons. The van der Waals surface area contributed by atoms with Gasteiger partial charge in [0.1, 0.15) is 0 Å². The molecular formula is C17H27N3. The van der Waals surface area contributed by atoms with Crippen LogP contribution in [-0.2, 0) is 6.42 Å². The Labute approximate surface area is 122 Å². The van der Waals surface area contributed by atoms with Gasteiger partial charge in [0.15, 0.2) is 5.96 Å². The zero-order valence-corrected chi connectivity index (χ0v) is 12.9. The second-order valence-electron chi connectivity index (χ2n) is 5.69. The number of fused-ring (bicyclic) bond motifs is 1. The SMILES string of the molecule is CCC(C)NC(=NC)NCC1CCCc2ccccc21. The van der Waals surface area contributed by atoms with Crippen molar-refractivity contribution in [3.05, 3.63) is 35.4 Å². The number of hydrogen-bond acceptors (Lipinski definition) is 1. The lowest BCUT2D eigenvalue weighted by Crippen LogP contribution is -2.43. The summed E-state index contributed by atoms with van der Waals surface area (Å²) in [6.45, 7) is 5.33. The summed E-state index contributed by atoms with van der Waals surface area (Å²) >= 11 is 0. The zero-order chi connectivity index (χ0) is 14.4. The lowest BCUT2D eigenvalue weighted by atomic mass is 9.83. The first-order valence-corrected chi connectivity index (χ1v) is 7.79. The standard InChI is InChI=1S/C17H27N3/c1-4-13(2)20-17(18-3)19-12-15-10-7-9-14-8-5-6-11-16(14)15/h5-6,8,11,13,15H,4,7,9-10,12H2,1-3H3,(H2,18,19,20). The van der Waals surface area contributed by atoms with Crippen molar-refractivity contribution < 1.29 is 0 Å². The quantitative estimate of drug-likeness (QED) is 0.653. The first kappa shape index (κ1) is 14.9. The van der Waals surface area contributed by atoms with Crippen molar-refractivity contribution in [2.45, 2.75) is 51.5 Å². The largest absolute Gasteiger partial charge is 0.356 e. The number of aryl methyl sites for hydroxylation is 1. The summed E-state index contributed by atoms with van der Waals surface area (Å²) in [5.41, 5.74) is 3.04. The lowest BCUT2D eigenvalue weighted by Gasteiger charge is -2.27. The molecule has 1 aliphatic rings. The summed E-state index contributed by atoms with van der Waals surface area (Å²) < 4.78 is 0. The van der Waals surface area contributed by atoms with Crippen molar-refractivity contribution in [1.29, 1.82) is 0 Å². The fraction of sp³-hybridized carbons (Fsp3) is 0.588. The molecule has 0 saturated carbocycles. The minimum atomic E-state index is 0.458. The van der Waals surface area contributed by atoms with Gasteiger partial charge in [0.05, 0.1) is 0 Å². The van der Waals surface area contributed by atoms with Crippen LogP contribution < -0.4 is 10.6 Å². The number of guanidine groups is 1. The zero-order valence-electron chi connectivity index (χ0n) is 12.9. The molecule has 0 fully saturated rings. The molecule has 0 radical (unpaired) electrons. The normalized spacial score (nSPS) is 20.1. The van der Waals surface area contributed by atoms with Gasteiger partial charge in [-0.05, 0) is 43.7 Å². The Hall–Kier alpha value is -1.51. The predicted molar refractivity (Wildman–Crippen MR) is 86.4 cm³/mol. The van der Waals surface area contributed by atoms with Crippen LogP contribution in [0.4, 0.5) is 0 Å². The molecule has 2 unspecified atom stereocenters. The van der Waals surface area contributed by atoms with Gasteiger partial charge in [-0.2, -0.15) is 0 Å². The van der Waals surface area contributed by atoms with Crippen LogP contribution in [0.2, 0.25) is 0 Å². The summed E-state index contributed by atoms with van der Waals surface area (Å²) in [5.74, 6) is 1.53. The van der Waals surface area contributed by atoms with Crippen molar-refractivity contribution in [1.82, 2.24) is 10.6 Å². The number of nitrogens with one attached hydrogen (secondary N) is 2. The van der Waals surface area contributed by atoms with Crippen molar-refractivity contribution in [2.24, 2.45) is 4.99 Å². The van der Waals surface area contributed by atoms with Gasteiger partial charge in [0.25, 0.3) is 0 Å². The van der Waals surface area contributed by atoms with Gasteiger partial charge in [-0.1, -0.05) is 31.2 Å². The van der Waals surface area contributed by atoms with E-state index >= 15 is 0 Å². The second kappa shape index (κ2) is 7.32. The molecular weight excluding hydrogens is 246 g/mol. The molecule has 2 rings (SSSR count). The van der Waals surface area contributed by atoms with Crippen molar-refractivity contribution in [3.63, 3.8) is 0 Å². The highest BCUT2D eigenvalue weighted by Gasteiger charge is 2.19. The average Bonchev–Trinajstić information content (AvgIpc) is 2.51. The minimum Gasteiger partial charge on any atom is -0.356 e. The van der Waals surface area contributed by atoms with Crippen LogP contribution in [0.25, 0.3) is 0 Å². The van der Waals surface area contributed by atoms with E-state index < -0.39 is 0 Å². The summed E-state index contributed by atoms with van der Waals surface area (Å²) in [7, 11) is 1.84. The Balaban J connectivity index is 1.94. The number of hydrogen-bond donors (Lipinski definition) is 2. The fourth-order valence-electron chi connectivity index (χ4n) is 2.82. The monoisotopic (exact) mass is 273 g/mol. The van der Waals surface area contributed by atoms with Crippen LogP contribution in [0.3, 0.4) is 0 Å². The molecule has 0 aliphatic heterocycles. The molecule has 1 aromatic rings. The van der Waals surface area contributed by atoms with E-state index in [-0.39, 0.29) is 0 Å². The van der Waals surface area contributed by atoms with Crippen LogP contribution in [0.15, 0.2) is 29.3 Å². The topological polar surface area (TPSA) is 36.4 Å². The van der Waals surface area contributed by atoms with Crippen molar-refractivity contribution in [3.8, 4) is 0 Å². The predicted octanol–water partition coefficient (Wildman–Crippen LogP) is 3.07. The summed E-state index contributed by atoms with van der Waals surface area (Å²) in [6.07, 6.45) is 4.89. The van der Waals surface area contributed by atoms with Gasteiger partial charge in [0, 0.05) is 25.6 Å². The molecule has 3 nitrogen and oxygen atoms in total. The third-order valence-corrected chi connectivity index (χ3v) is 4.23. The molecule has 1 aliphatic carbocycles. The molecule has 0 saturated heterocycles. The number of benzene rings is 1. The fourth-order valence-corrected chi connectivity index (χ4v) is 2.82. The molecule has 0 aromatic heterocycles. The highest BCUT2D eigenvalue weighted by Crippen LogP contribution is 2.30. The number of aliphatic imine (C=N–C) groups is 1. The van der Waals surface area contributed by atoms with E-state index in [1.54, 1.807) is 0 Å². The maximum atomic E-state index is 4.31. The van der Waals surface area contributed by atoms with Gasteiger partial charge in [-0.15, -0.1) is 0 Å². The van der Waals surface area contributed by atoms with Gasteiger partial charge < -0.3 is 10.6 Å². The van der Waals surface area contributed by atoms with E-state index in [1.165, 1.54) is 30.4 Å². The Morgan fingerprint density at radius 3 is 2.95 bits per heavy atom. The molecule has 0 spiro atoms. The average molecular weight is 273 g/mol. The number of rotatable bonds is 4. The Kier molecular flexibility index (Phi) is 5.45. The smallest absolute Gasteiger partial charge is 0.191 e. The highest BCUT2D eigenvalue weighted by molar-refractivity contribution is 5.80. The Morgan fingerprint density at radius 2 is 2.20 bits per heavy atom. The Morgan fingerprint density at radius 1 is 1.40 bits per heavy atom. The van der Waals surface area contributed by atoms with Crippen LogP contribution in [0, 0.1) is 0 Å². The molecule has 1 aromatic carbocycles. The van der Waals surface area contributed by atoms with E-state index in [0.717, 1.165) is 18.9 Å². The van der Waals surface area contributed by atoms with Crippen molar-refractivity contribution in [2.75, 3.05) is 13.6 Å². The van der Waals surface area contributed by atoms with Gasteiger partial charge in [-0.25, -0.2) is 0 Å². The highest BCUT2D eigenvalue weighted by atomic mass is 15.2. The molecule has 20 heavy (non-hydrogen) atoms. The van der Waals surface area contributed by atoms with E-state index in [2.05, 4.69) is 53.7 Å². The molecule has 3 heteroatoms. The summed E-state index contributed by atoms with van der Waals surface area (Å²) in [6, 6.07) is 9.32. The van der Waals surface area contributed by atoms with Crippen molar-refractivity contribution >= 4 is 5.96 Å². The van der Waals surface area contributed by atoms with Gasteiger partial charge >= 0.3 is 0 Å². The summed E-state index contributed by atoms with van der Waals surface area (Å²) in [4.78, 5) is 4.31. The third kappa shape index (κ3) is 3.75. The second-order valence-corrected chi connectivity index (χ2v) is 5.69. The van der Waals surface area contributed by atoms with Crippen LogP contribution in [0.5, 0.6) is 0 Å². The maximum absolute atomic E-state index is 4.31. The molecule has 0 amide bonds. The maximum Gasteiger partial charge on any atom is 0.191 e. The molecule has 0 bridgehead atoms. The Bertz CT molecular complexity index is 453. The summed E-state index contributed by atoms with van der Waals surface area (Å²) in [5, 5.41) is 6.90. The van der Waals surface area contributed by atoms with Gasteiger partial charge in [-0.3, -0.25) is 4.99 Å². The first-order chi connectivity index (χ1) is 9.74. The number of nitrogens with zero attached hydrogens (tertiary/aromatic N) is 1. The molecule has 2 atom stereocenters. The first-order valence-electron chi connectivity index (χ1n) is 7.79. The van der Waals surface area contributed by atoms with Gasteiger partial charge in [0.2, 0.25) is 0 Å². The van der Waals surface area contributed by atoms with E-state index in [0.29, 0.717) is 12.0 Å². The van der Waals surface area contributed by atoms with Crippen LogP contribution in [0.1, 0.15) is 50.2 Å². The van der Waals surface area contributed by atoms with Crippen LogP contribution in [-0.4, -0.2) is 25.6 Å². The molecule has 0 heterocycles.